The standard InChI is InChI=1S/C10H12Cl2O/c1-3-5-7-9(11)13-10(12)8-6-4-2/h3-4,7-8H,1-2,5-6H2/b9-7+,10-8+. The van der Waals surface area contributed by atoms with E-state index >= 15 is 0 Å². The maximum Gasteiger partial charge on any atom is 0.191 e. The summed E-state index contributed by atoms with van der Waals surface area (Å²) in [5.74, 6) is 0. The number of allylic oxidation sites excluding steroid dienone is 4. The van der Waals surface area contributed by atoms with E-state index in [0.717, 1.165) is 0 Å². The van der Waals surface area contributed by atoms with E-state index in [2.05, 4.69) is 13.2 Å². The van der Waals surface area contributed by atoms with Crippen LogP contribution in [0.4, 0.5) is 0 Å². The largest absolute Gasteiger partial charge is 0.434 e. The van der Waals surface area contributed by atoms with Crippen LogP contribution in [0.25, 0.3) is 0 Å². The van der Waals surface area contributed by atoms with Gasteiger partial charge in [0.25, 0.3) is 0 Å². The van der Waals surface area contributed by atoms with E-state index < -0.39 is 0 Å². The summed E-state index contributed by atoms with van der Waals surface area (Å²) in [7, 11) is 0. The Kier molecular flexibility index (Phi) is 7.56. The summed E-state index contributed by atoms with van der Waals surface area (Å²) in [4.78, 5) is 0. The van der Waals surface area contributed by atoms with Crippen LogP contribution in [-0.2, 0) is 4.74 Å². The first kappa shape index (κ1) is 12.3. The van der Waals surface area contributed by atoms with Crippen molar-refractivity contribution in [3.05, 3.63) is 47.9 Å². The predicted octanol–water partition coefficient (Wildman–Crippen LogP) is 4.32. The molecule has 0 aromatic rings. The van der Waals surface area contributed by atoms with Crippen molar-refractivity contribution in [1.29, 1.82) is 0 Å². The van der Waals surface area contributed by atoms with Gasteiger partial charge in [0, 0.05) is 0 Å². The van der Waals surface area contributed by atoms with Crippen molar-refractivity contribution in [2.45, 2.75) is 12.8 Å². The molecule has 0 radical (unpaired) electrons. The number of ether oxygens (including phenoxy) is 1. The van der Waals surface area contributed by atoms with Gasteiger partial charge >= 0.3 is 0 Å². The van der Waals surface area contributed by atoms with Crippen LogP contribution in [0.3, 0.4) is 0 Å². The van der Waals surface area contributed by atoms with Crippen LogP contribution >= 0.6 is 23.2 Å². The SMILES string of the molecule is C=CC/C=C(\Cl)O/C(Cl)=C/CC=C. The number of rotatable bonds is 6. The van der Waals surface area contributed by atoms with Crippen LogP contribution in [0.5, 0.6) is 0 Å². The molecule has 13 heavy (non-hydrogen) atoms. The third kappa shape index (κ3) is 7.69. The van der Waals surface area contributed by atoms with E-state index in [1.54, 1.807) is 24.3 Å². The molecule has 0 fully saturated rings. The molecule has 0 heterocycles. The molecule has 0 aliphatic carbocycles. The molecule has 0 saturated carbocycles. The number of hydrogen-bond acceptors (Lipinski definition) is 1. The van der Waals surface area contributed by atoms with Gasteiger partial charge < -0.3 is 4.74 Å². The Morgan fingerprint density at radius 3 is 1.69 bits per heavy atom. The molecular weight excluding hydrogens is 207 g/mol. The summed E-state index contributed by atoms with van der Waals surface area (Å²) in [6, 6.07) is 0. The first-order chi connectivity index (χ1) is 6.20. The van der Waals surface area contributed by atoms with E-state index in [4.69, 9.17) is 27.9 Å². The van der Waals surface area contributed by atoms with Crippen LogP contribution in [0, 0.1) is 0 Å². The van der Waals surface area contributed by atoms with Crippen molar-refractivity contribution in [3.63, 3.8) is 0 Å². The third-order valence-corrected chi connectivity index (χ3v) is 1.55. The monoisotopic (exact) mass is 218 g/mol. The summed E-state index contributed by atoms with van der Waals surface area (Å²) in [5, 5.41) is 0.510. The van der Waals surface area contributed by atoms with Crippen molar-refractivity contribution in [1.82, 2.24) is 0 Å². The lowest BCUT2D eigenvalue weighted by molar-refractivity contribution is 0.365. The van der Waals surface area contributed by atoms with Crippen molar-refractivity contribution < 1.29 is 4.74 Å². The Bertz CT molecular complexity index is 205. The first-order valence-corrected chi connectivity index (χ1v) is 4.57. The second-order valence-electron chi connectivity index (χ2n) is 2.17. The Hall–Kier alpha value is -0.660. The summed E-state index contributed by atoms with van der Waals surface area (Å²) in [5.41, 5.74) is 0. The Morgan fingerprint density at radius 1 is 1.00 bits per heavy atom. The van der Waals surface area contributed by atoms with Gasteiger partial charge in [-0.05, 0) is 48.2 Å². The van der Waals surface area contributed by atoms with Crippen LogP contribution in [0.2, 0.25) is 0 Å². The molecule has 0 N–H and O–H groups in total. The topological polar surface area (TPSA) is 9.23 Å². The van der Waals surface area contributed by atoms with Gasteiger partial charge in [-0.25, -0.2) is 0 Å². The first-order valence-electron chi connectivity index (χ1n) is 3.81. The fourth-order valence-corrected chi connectivity index (χ4v) is 0.912. The van der Waals surface area contributed by atoms with Gasteiger partial charge in [0.2, 0.25) is 0 Å². The lowest BCUT2D eigenvalue weighted by atomic mass is 10.4. The molecule has 72 valence electrons. The zero-order chi connectivity index (χ0) is 10.1. The predicted molar refractivity (Wildman–Crippen MR) is 58.6 cm³/mol. The van der Waals surface area contributed by atoms with Gasteiger partial charge in [-0.1, -0.05) is 12.2 Å². The van der Waals surface area contributed by atoms with E-state index in [0.29, 0.717) is 12.8 Å². The van der Waals surface area contributed by atoms with Gasteiger partial charge in [-0.2, -0.15) is 0 Å². The smallest absolute Gasteiger partial charge is 0.191 e. The molecule has 0 spiro atoms. The van der Waals surface area contributed by atoms with Crippen molar-refractivity contribution in [2.75, 3.05) is 0 Å². The Labute approximate surface area is 89.0 Å². The van der Waals surface area contributed by atoms with Crippen LogP contribution in [0.1, 0.15) is 12.8 Å². The van der Waals surface area contributed by atoms with Gasteiger partial charge in [0.05, 0.1) is 0 Å². The second kappa shape index (κ2) is 7.96. The van der Waals surface area contributed by atoms with Crippen LogP contribution in [-0.4, -0.2) is 0 Å². The zero-order valence-corrected chi connectivity index (χ0v) is 8.81. The highest BCUT2D eigenvalue weighted by Crippen LogP contribution is 2.15. The molecule has 0 aliphatic heterocycles. The van der Waals surface area contributed by atoms with Crippen LogP contribution < -0.4 is 0 Å². The summed E-state index contributed by atoms with van der Waals surface area (Å²) in [6.07, 6.45) is 8.10. The normalized spacial score (nSPS) is 12.5. The molecule has 1 nitrogen and oxygen atoms in total. The van der Waals surface area contributed by atoms with E-state index in [-0.39, 0.29) is 10.4 Å². The van der Waals surface area contributed by atoms with E-state index in [9.17, 15) is 0 Å². The molecule has 0 aromatic heterocycles. The van der Waals surface area contributed by atoms with E-state index in [1.165, 1.54) is 0 Å². The maximum absolute atomic E-state index is 5.67. The minimum atomic E-state index is 0.255. The van der Waals surface area contributed by atoms with Crippen LogP contribution in [0.15, 0.2) is 47.9 Å². The molecule has 0 aliphatic rings. The van der Waals surface area contributed by atoms with Gasteiger partial charge in [0.1, 0.15) is 0 Å². The average Bonchev–Trinajstić information content (AvgIpc) is 2.11. The quantitative estimate of drug-likeness (QED) is 0.477. The molecule has 0 aromatic carbocycles. The minimum absolute atomic E-state index is 0.255. The molecule has 0 unspecified atom stereocenters. The molecule has 0 bridgehead atoms. The van der Waals surface area contributed by atoms with Crippen molar-refractivity contribution in [3.8, 4) is 0 Å². The highest BCUT2D eigenvalue weighted by atomic mass is 35.5. The third-order valence-electron chi connectivity index (χ3n) is 1.09. The lowest BCUT2D eigenvalue weighted by Crippen LogP contribution is -1.80. The molecule has 0 rings (SSSR count). The molecule has 0 saturated heterocycles. The second-order valence-corrected chi connectivity index (χ2v) is 2.91. The van der Waals surface area contributed by atoms with Gasteiger partial charge in [-0.3, -0.25) is 0 Å². The Morgan fingerprint density at radius 2 is 1.38 bits per heavy atom. The van der Waals surface area contributed by atoms with Crippen molar-refractivity contribution >= 4 is 23.2 Å². The average molecular weight is 219 g/mol. The highest BCUT2D eigenvalue weighted by molar-refractivity contribution is 6.31. The number of hydrogen-bond donors (Lipinski definition) is 0. The molecular formula is C10H12Cl2O. The van der Waals surface area contributed by atoms with Crippen molar-refractivity contribution in [2.24, 2.45) is 0 Å². The highest BCUT2D eigenvalue weighted by Gasteiger charge is 1.95. The number of halogens is 2. The Balaban J connectivity index is 3.95. The zero-order valence-electron chi connectivity index (χ0n) is 7.30. The van der Waals surface area contributed by atoms with Gasteiger partial charge in [-0.15, -0.1) is 13.2 Å². The molecule has 0 atom stereocenters. The molecule has 0 amide bonds. The summed E-state index contributed by atoms with van der Waals surface area (Å²) < 4.78 is 5.01. The summed E-state index contributed by atoms with van der Waals surface area (Å²) in [6.45, 7) is 7.08. The van der Waals surface area contributed by atoms with E-state index in [1.807, 2.05) is 0 Å². The molecule has 3 heteroatoms. The fourth-order valence-electron chi connectivity index (χ4n) is 0.528. The fraction of sp³-hybridized carbons (Fsp3) is 0.200. The maximum atomic E-state index is 5.67. The minimum Gasteiger partial charge on any atom is -0.434 e. The lowest BCUT2D eigenvalue weighted by Gasteiger charge is -2.00. The summed E-state index contributed by atoms with van der Waals surface area (Å²) >= 11 is 11.3. The van der Waals surface area contributed by atoms with Gasteiger partial charge in [0.15, 0.2) is 10.4 Å².